The smallest absolute Gasteiger partial charge is 0.128 e. The Kier molecular flexibility index (Phi) is 2.86. The third-order valence-electron chi connectivity index (χ3n) is 2.77. The van der Waals surface area contributed by atoms with Crippen molar-refractivity contribution in [3.05, 3.63) is 29.8 Å². The fraction of sp³-hybridized carbons (Fsp3) is 0.455. The number of aliphatic hydroxyl groups excluding tert-OH is 1. The normalized spacial score (nSPS) is 21.0. The van der Waals surface area contributed by atoms with Gasteiger partial charge >= 0.3 is 0 Å². The molecule has 1 saturated heterocycles. The number of hydrogen-bond donors (Lipinski definition) is 1. The van der Waals surface area contributed by atoms with Crippen molar-refractivity contribution >= 4 is 5.69 Å². The highest BCUT2D eigenvalue weighted by molar-refractivity contribution is 5.48. The van der Waals surface area contributed by atoms with Crippen LogP contribution in [0.2, 0.25) is 0 Å². The largest absolute Gasteiger partial charge is 0.394 e. The van der Waals surface area contributed by atoms with E-state index in [1.165, 1.54) is 12.1 Å². The second-order valence-electron chi connectivity index (χ2n) is 3.80. The minimum absolute atomic E-state index is 0.00815. The molecular formula is C11H13F2NO. The molecule has 1 aromatic rings. The van der Waals surface area contributed by atoms with Crippen molar-refractivity contribution in [3.63, 3.8) is 0 Å². The van der Waals surface area contributed by atoms with E-state index in [0.29, 0.717) is 5.69 Å². The lowest BCUT2D eigenvalue weighted by atomic mass is 10.2. The van der Waals surface area contributed by atoms with Gasteiger partial charge in [-0.3, -0.25) is 0 Å². The lowest BCUT2D eigenvalue weighted by Gasteiger charge is -2.25. The van der Waals surface area contributed by atoms with E-state index in [-0.39, 0.29) is 12.6 Å². The molecule has 4 heteroatoms. The number of anilines is 1. The van der Waals surface area contributed by atoms with E-state index in [9.17, 15) is 8.78 Å². The maximum Gasteiger partial charge on any atom is 0.128 e. The second kappa shape index (κ2) is 4.14. The maximum absolute atomic E-state index is 13.0. The molecule has 1 unspecified atom stereocenters. The van der Waals surface area contributed by atoms with Crippen molar-refractivity contribution in [2.24, 2.45) is 0 Å². The fourth-order valence-corrected chi connectivity index (χ4v) is 2.07. The van der Waals surface area contributed by atoms with Crippen LogP contribution in [0.3, 0.4) is 0 Å². The zero-order chi connectivity index (χ0) is 10.8. The predicted octanol–water partition coefficient (Wildman–Crippen LogP) is 1.93. The molecule has 1 heterocycles. The summed E-state index contributed by atoms with van der Waals surface area (Å²) in [5, 5.41) is 9.11. The van der Waals surface area contributed by atoms with Gasteiger partial charge < -0.3 is 10.0 Å². The Hall–Kier alpha value is -1.16. The van der Waals surface area contributed by atoms with Crippen LogP contribution in [-0.2, 0) is 0 Å². The van der Waals surface area contributed by atoms with Crippen molar-refractivity contribution < 1.29 is 13.9 Å². The summed E-state index contributed by atoms with van der Waals surface area (Å²) in [4.78, 5) is 1.85. The predicted molar refractivity (Wildman–Crippen MR) is 53.8 cm³/mol. The molecule has 1 aliphatic rings. The van der Waals surface area contributed by atoms with E-state index < -0.39 is 11.6 Å². The van der Waals surface area contributed by atoms with Crippen molar-refractivity contribution in [1.82, 2.24) is 0 Å². The molecule has 1 aromatic carbocycles. The average molecular weight is 213 g/mol. The van der Waals surface area contributed by atoms with Crippen LogP contribution in [-0.4, -0.2) is 24.3 Å². The fourth-order valence-electron chi connectivity index (χ4n) is 2.07. The summed E-state index contributed by atoms with van der Waals surface area (Å²) >= 11 is 0. The first-order chi connectivity index (χ1) is 7.20. The Morgan fingerprint density at radius 2 is 1.93 bits per heavy atom. The zero-order valence-electron chi connectivity index (χ0n) is 8.29. The van der Waals surface area contributed by atoms with Crippen LogP contribution < -0.4 is 4.90 Å². The molecule has 0 aromatic heterocycles. The Morgan fingerprint density at radius 3 is 2.53 bits per heavy atom. The SMILES string of the molecule is OCC1CCCN1c1cc(F)cc(F)c1. The number of hydrogen-bond acceptors (Lipinski definition) is 2. The van der Waals surface area contributed by atoms with E-state index in [4.69, 9.17) is 5.11 Å². The van der Waals surface area contributed by atoms with Crippen LogP contribution >= 0.6 is 0 Å². The summed E-state index contributed by atoms with van der Waals surface area (Å²) in [5.74, 6) is -1.15. The monoisotopic (exact) mass is 213 g/mol. The molecule has 1 aliphatic heterocycles. The number of halogens is 2. The Bertz CT molecular complexity index is 336. The molecule has 82 valence electrons. The molecule has 2 rings (SSSR count). The lowest BCUT2D eigenvalue weighted by Crippen LogP contribution is -2.32. The van der Waals surface area contributed by atoms with Gasteiger partial charge in [-0.25, -0.2) is 8.78 Å². The van der Waals surface area contributed by atoms with E-state index in [0.717, 1.165) is 25.5 Å². The highest BCUT2D eigenvalue weighted by Gasteiger charge is 2.24. The molecule has 2 nitrogen and oxygen atoms in total. The minimum Gasteiger partial charge on any atom is -0.394 e. The van der Waals surface area contributed by atoms with Crippen molar-refractivity contribution in [3.8, 4) is 0 Å². The first-order valence-electron chi connectivity index (χ1n) is 5.04. The third kappa shape index (κ3) is 2.09. The van der Waals surface area contributed by atoms with Crippen LogP contribution in [0.4, 0.5) is 14.5 Å². The van der Waals surface area contributed by atoms with E-state index in [1.807, 2.05) is 4.90 Å². The summed E-state index contributed by atoms with van der Waals surface area (Å²) in [7, 11) is 0. The minimum atomic E-state index is -0.575. The Labute approximate surface area is 87.1 Å². The van der Waals surface area contributed by atoms with Gasteiger partial charge in [0.25, 0.3) is 0 Å². The third-order valence-corrected chi connectivity index (χ3v) is 2.77. The van der Waals surface area contributed by atoms with Crippen LogP contribution in [0.1, 0.15) is 12.8 Å². The molecule has 0 aliphatic carbocycles. The van der Waals surface area contributed by atoms with Gasteiger partial charge in [0, 0.05) is 18.3 Å². The van der Waals surface area contributed by atoms with Crippen LogP contribution in [0.15, 0.2) is 18.2 Å². The highest BCUT2D eigenvalue weighted by atomic mass is 19.1. The zero-order valence-corrected chi connectivity index (χ0v) is 8.29. The van der Waals surface area contributed by atoms with Crippen molar-refractivity contribution in [2.75, 3.05) is 18.1 Å². The van der Waals surface area contributed by atoms with Gasteiger partial charge in [-0.2, -0.15) is 0 Å². The lowest BCUT2D eigenvalue weighted by molar-refractivity contribution is 0.266. The molecule has 0 bridgehead atoms. The summed E-state index contributed by atoms with van der Waals surface area (Å²) in [6.07, 6.45) is 1.82. The van der Waals surface area contributed by atoms with Gasteiger partial charge in [0.1, 0.15) is 11.6 Å². The number of aliphatic hydroxyl groups is 1. The summed E-state index contributed by atoms with van der Waals surface area (Å²) < 4.78 is 26.0. The highest BCUT2D eigenvalue weighted by Crippen LogP contribution is 2.26. The van der Waals surface area contributed by atoms with Crippen LogP contribution in [0.5, 0.6) is 0 Å². The van der Waals surface area contributed by atoms with Crippen LogP contribution in [0, 0.1) is 11.6 Å². The average Bonchev–Trinajstić information content (AvgIpc) is 2.63. The number of rotatable bonds is 2. The van der Waals surface area contributed by atoms with Crippen molar-refractivity contribution in [2.45, 2.75) is 18.9 Å². The summed E-state index contributed by atoms with van der Waals surface area (Å²) in [6.45, 7) is 0.770. The van der Waals surface area contributed by atoms with Gasteiger partial charge in [-0.05, 0) is 25.0 Å². The Balaban J connectivity index is 2.28. The molecule has 15 heavy (non-hydrogen) atoms. The molecule has 0 spiro atoms. The molecule has 1 atom stereocenters. The first kappa shape index (κ1) is 10.4. The molecule has 1 N–H and O–H groups in total. The van der Waals surface area contributed by atoms with Crippen LogP contribution in [0.25, 0.3) is 0 Å². The Morgan fingerprint density at radius 1 is 1.27 bits per heavy atom. The molecular weight excluding hydrogens is 200 g/mol. The van der Waals surface area contributed by atoms with Gasteiger partial charge in [-0.1, -0.05) is 0 Å². The molecule has 0 radical (unpaired) electrons. The number of benzene rings is 1. The van der Waals surface area contributed by atoms with Gasteiger partial charge in [0.2, 0.25) is 0 Å². The second-order valence-corrected chi connectivity index (χ2v) is 3.80. The van der Waals surface area contributed by atoms with Gasteiger partial charge in [0.05, 0.1) is 12.6 Å². The maximum atomic E-state index is 13.0. The van der Waals surface area contributed by atoms with Crippen molar-refractivity contribution in [1.29, 1.82) is 0 Å². The molecule has 1 fully saturated rings. The number of nitrogens with zero attached hydrogens (tertiary/aromatic N) is 1. The van der Waals surface area contributed by atoms with E-state index in [2.05, 4.69) is 0 Å². The van der Waals surface area contributed by atoms with E-state index in [1.54, 1.807) is 0 Å². The molecule has 0 saturated carbocycles. The quantitative estimate of drug-likeness (QED) is 0.811. The summed E-state index contributed by atoms with van der Waals surface area (Å²) in [5.41, 5.74) is 0.518. The van der Waals surface area contributed by atoms with Gasteiger partial charge in [0.15, 0.2) is 0 Å². The standard InChI is InChI=1S/C11H13F2NO/c12-8-4-9(13)6-11(5-8)14-3-1-2-10(14)7-15/h4-6,10,15H,1-3,7H2. The summed E-state index contributed by atoms with van der Waals surface area (Å²) in [6, 6.07) is 3.45. The topological polar surface area (TPSA) is 23.5 Å². The molecule has 0 amide bonds. The van der Waals surface area contributed by atoms with Gasteiger partial charge in [-0.15, -0.1) is 0 Å². The first-order valence-corrected chi connectivity index (χ1v) is 5.04. The van der Waals surface area contributed by atoms with E-state index >= 15 is 0 Å².